The molecule has 0 bridgehead atoms. The normalized spacial score (nSPS) is 17.6. The van der Waals surface area contributed by atoms with Gasteiger partial charge in [-0.15, -0.1) is 0 Å². The molecule has 1 fully saturated rings. The van der Waals surface area contributed by atoms with Crippen LogP contribution in [0.5, 0.6) is 0 Å². The third kappa shape index (κ3) is 4.44. The molecule has 192 valence electrons. The first-order chi connectivity index (χ1) is 17.2. The molecule has 12 nitrogen and oxygen atoms in total. The number of benzene rings is 1. The summed E-state index contributed by atoms with van der Waals surface area (Å²) in [4.78, 5) is 28.4. The predicted molar refractivity (Wildman–Crippen MR) is 138 cm³/mol. The summed E-state index contributed by atoms with van der Waals surface area (Å²) in [5.74, 6) is 0.596. The van der Waals surface area contributed by atoms with Crippen LogP contribution in [0.1, 0.15) is 30.9 Å². The number of fused-ring (bicyclic) bond motifs is 2. The fourth-order valence-electron chi connectivity index (χ4n) is 4.94. The number of nitrogens with one attached hydrogen (secondary N) is 3. The van der Waals surface area contributed by atoms with Crippen LogP contribution >= 0.6 is 0 Å². The van der Waals surface area contributed by atoms with E-state index in [2.05, 4.69) is 30.2 Å². The maximum atomic E-state index is 12.4. The Morgan fingerprint density at radius 3 is 2.75 bits per heavy atom. The van der Waals surface area contributed by atoms with Gasteiger partial charge in [0.2, 0.25) is 21.9 Å². The Labute approximate surface area is 209 Å². The second-order valence-electron chi connectivity index (χ2n) is 9.34. The van der Waals surface area contributed by atoms with Gasteiger partial charge in [0, 0.05) is 20.1 Å². The fraction of sp³-hybridized carbons (Fsp3) is 0.478. The zero-order valence-electron chi connectivity index (χ0n) is 20.4. The molecule has 0 unspecified atom stereocenters. The van der Waals surface area contributed by atoms with Gasteiger partial charge in [-0.1, -0.05) is 12.1 Å². The summed E-state index contributed by atoms with van der Waals surface area (Å²) in [5.41, 5.74) is 8.82. The number of carbonyl (C=O) groups excluding carboxylic acids is 1. The number of imidazole rings is 1. The monoisotopic (exact) mass is 513 g/mol. The quantitative estimate of drug-likeness (QED) is 0.357. The summed E-state index contributed by atoms with van der Waals surface area (Å²) in [5, 5.41) is 6.50. The lowest BCUT2D eigenvalue weighted by molar-refractivity contribution is -0.123. The molecule has 1 amide bonds. The second-order valence-corrected chi connectivity index (χ2v) is 11.4. The van der Waals surface area contributed by atoms with Gasteiger partial charge in [0.05, 0.1) is 17.8 Å². The topological polar surface area (TPSA) is 160 Å². The number of hydrogen-bond acceptors (Lipinski definition) is 9. The lowest BCUT2D eigenvalue weighted by Crippen LogP contribution is -2.56. The van der Waals surface area contributed by atoms with E-state index in [9.17, 15) is 13.2 Å². The number of aryl methyl sites for hydroxylation is 1. The number of nitrogens with two attached hydrogens (primary N) is 1. The standard InChI is InChI=1S/C23H31N9O3S/c1-3-36(34,35)30-17-6-4-5-15-13-32(12-7-16(15)17)20-18-19(26-14-31(18)2)27-22(28-20)29-23(21(24)33)8-10-25-11-9-23/h4-6,14,25,30H,3,7-13H2,1-2H3,(H2,24,33)(H,27,28,29). The highest BCUT2D eigenvalue weighted by molar-refractivity contribution is 7.92. The number of primary amides is 1. The Morgan fingerprint density at radius 2 is 2.03 bits per heavy atom. The number of rotatable bonds is 7. The zero-order valence-corrected chi connectivity index (χ0v) is 21.2. The van der Waals surface area contributed by atoms with Crippen molar-refractivity contribution in [2.45, 2.75) is 38.3 Å². The first-order valence-corrected chi connectivity index (χ1v) is 13.7. The van der Waals surface area contributed by atoms with Crippen molar-refractivity contribution in [3.05, 3.63) is 35.7 Å². The van der Waals surface area contributed by atoms with Crippen LogP contribution in [0.2, 0.25) is 0 Å². The predicted octanol–water partition coefficient (Wildman–Crippen LogP) is 0.707. The van der Waals surface area contributed by atoms with E-state index in [4.69, 9.17) is 10.7 Å². The minimum atomic E-state index is -3.38. The SMILES string of the molecule is CCS(=O)(=O)Nc1cccc2c1CCN(c1nc(NC3(C(N)=O)CCNCC3)nc3ncn(C)c13)C2. The van der Waals surface area contributed by atoms with Gasteiger partial charge in [0.1, 0.15) is 11.1 Å². The molecule has 0 spiro atoms. The number of amides is 1. The molecule has 2 aliphatic rings. The second kappa shape index (κ2) is 9.21. The molecule has 1 saturated heterocycles. The number of carbonyl (C=O) groups is 1. The molecule has 0 atom stereocenters. The van der Waals surface area contributed by atoms with Gasteiger partial charge >= 0.3 is 0 Å². The molecule has 5 N–H and O–H groups in total. The Morgan fingerprint density at radius 1 is 1.25 bits per heavy atom. The van der Waals surface area contributed by atoms with Crippen LogP contribution in [0.15, 0.2) is 24.5 Å². The van der Waals surface area contributed by atoms with Crippen molar-refractivity contribution in [2.24, 2.45) is 12.8 Å². The molecule has 0 aliphatic carbocycles. The van der Waals surface area contributed by atoms with Crippen LogP contribution in [0.25, 0.3) is 11.2 Å². The third-order valence-electron chi connectivity index (χ3n) is 7.04. The largest absolute Gasteiger partial charge is 0.368 e. The van der Waals surface area contributed by atoms with E-state index in [-0.39, 0.29) is 5.75 Å². The summed E-state index contributed by atoms with van der Waals surface area (Å²) in [6.07, 6.45) is 3.40. The smallest absolute Gasteiger partial charge is 0.243 e. The van der Waals surface area contributed by atoms with Gasteiger partial charge in [-0.3, -0.25) is 9.52 Å². The van der Waals surface area contributed by atoms with E-state index in [1.165, 1.54) is 0 Å². The number of nitrogens with zero attached hydrogens (tertiary/aromatic N) is 5. The molecule has 2 aliphatic heterocycles. The van der Waals surface area contributed by atoms with Crippen LogP contribution in [-0.4, -0.2) is 64.8 Å². The first kappa shape index (κ1) is 24.3. The van der Waals surface area contributed by atoms with E-state index >= 15 is 0 Å². The fourth-order valence-corrected chi connectivity index (χ4v) is 5.61. The molecule has 36 heavy (non-hydrogen) atoms. The maximum absolute atomic E-state index is 12.4. The van der Waals surface area contributed by atoms with Crippen molar-refractivity contribution < 1.29 is 13.2 Å². The number of piperidine rings is 1. The molecule has 5 rings (SSSR count). The number of anilines is 3. The van der Waals surface area contributed by atoms with Crippen molar-refractivity contribution in [2.75, 3.05) is 40.3 Å². The van der Waals surface area contributed by atoms with Crippen LogP contribution in [0.3, 0.4) is 0 Å². The van der Waals surface area contributed by atoms with Crippen molar-refractivity contribution in [3.8, 4) is 0 Å². The highest BCUT2D eigenvalue weighted by atomic mass is 32.2. The van der Waals surface area contributed by atoms with E-state index in [0.29, 0.717) is 68.5 Å². The van der Waals surface area contributed by atoms with Gasteiger partial charge in [-0.2, -0.15) is 9.97 Å². The number of sulfonamides is 1. The summed E-state index contributed by atoms with van der Waals surface area (Å²) < 4.78 is 28.9. The minimum Gasteiger partial charge on any atom is -0.368 e. The van der Waals surface area contributed by atoms with Gasteiger partial charge in [0.15, 0.2) is 11.5 Å². The summed E-state index contributed by atoms with van der Waals surface area (Å²) in [6.45, 7) is 4.12. The van der Waals surface area contributed by atoms with Crippen molar-refractivity contribution in [3.63, 3.8) is 0 Å². The molecular formula is C23H31N9O3S. The Balaban J connectivity index is 1.51. The maximum Gasteiger partial charge on any atom is 0.243 e. The minimum absolute atomic E-state index is 0.0147. The molecule has 2 aromatic heterocycles. The number of aromatic nitrogens is 4. The van der Waals surface area contributed by atoms with E-state index in [1.54, 1.807) is 19.3 Å². The van der Waals surface area contributed by atoms with Crippen molar-refractivity contribution in [1.82, 2.24) is 24.8 Å². The third-order valence-corrected chi connectivity index (χ3v) is 8.33. The van der Waals surface area contributed by atoms with Crippen LogP contribution in [0.4, 0.5) is 17.5 Å². The van der Waals surface area contributed by atoms with Gasteiger partial charge in [-0.25, -0.2) is 13.4 Å². The molecule has 3 aromatic rings. The number of hydrogen-bond donors (Lipinski definition) is 4. The van der Waals surface area contributed by atoms with Gasteiger partial charge in [-0.05, 0) is 56.5 Å². The average molecular weight is 514 g/mol. The Kier molecular flexibility index (Phi) is 6.20. The van der Waals surface area contributed by atoms with Crippen LogP contribution < -0.4 is 26.0 Å². The van der Waals surface area contributed by atoms with Crippen LogP contribution in [0, 0.1) is 0 Å². The molecular weight excluding hydrogens is 482 g/mol. The lowest BCUT2D eigenvalue weighted by atomic mass is 9.88. The average Bonchev–Trinajstić information content (AvgIpc) is 3.24. The van der Waals surface area contributed by atoms with Crippen molar-refractivity contribution >= 4 is 44.5 Å². The van der Waals surface area contributed by atoms with E-state index in [1.807, 2.05) is 23.7 Å². The van der Waals surface area contributed by atoms with Gasteiger partial charge in [0.25, 0.3) is 0 Å². The molecule has 4 heterocycles. The lowest BCUT2D eigenvalue weighted by Gasteiger charge is -2.36. The highest BCUT2D eigenvalue weighted by Gasteiger charge is 2.39. The summed E-state index contributed by atoms with van der Waals surface area (Å²) in [6, 6.07) is 5.66. The Bertz CT molecular complexity index is 1410. The molecule has 0 radical (unpaired) electrons. The molecule has 0 saturated carbocycles. The van der Waals surface area contributed by atoms with Gasteiger partial charge < -0.3 is 25.8 Å². The van der Waals surface area contributed by atoms with E-state index < -0.39 is 21.5 Å². The zero-order chi connectivity index (χ0) is 25.5. The van der Waals surface area contributed by atoms with Crippen molar-refractivity contribution in [1.29, 1.82) is 0 Å². The Hall–Kier alpha value is -3.45. The van der Waals surface area contributed by atoms with E-state index in [0.717, 1.165) is 16.6 Å². The summed E-state index contributed by atoms with van der Waals surface area (Å²) >= 11 is 0. The first-order valence-electron chi connectivity index (χ1n) is 12.1. The highest BCUT2D eigenvalue weighted by Crippen LogP contribution is 2.33. The molecule has 1 aromatic carbocycles. The molecule has 13 heteroatoms. The van der Waals surface area contributed by atoms with Crippen LogP contribution in [-0.2, 0) is 34.8 Å². The summed E-state index contributed by atoms with van der Waals surface area (Å²) in [7, 11) is -1.49.